The van der Waals surface area contributed by atoms with Crippen LogP contribution in [0.3, 0.4) is 0 Å². The summed E-state index contributed by atoms with van der Waals surface area (Å²) in [6.07, 6.45) is 0. The van der Waals surface area contributed by atoms with E-state index in [2.05, 4.69) is 5.32 Å². The SMILES string of the molecule is Cc1cccc([C@H]2N[C@@H](c3cccc(C)c3)[C@H]([N+](=O)[O-])C(C)(C)[C@@H]2[N+](=O)[O-])c1. The molecule has 2 aromatic carbocycles. The lowest BCUT2D eigenvalue weighted by Crippen LogP contribution is -2.63. The van der Waals surface area contributed by atoms with Crippen molar-refractivity contribution < 1.29 is 9.85 Å². The summed E-state index contributed by atoms with van der Waals surface area (Å²) in [4.78, 5) is 23.3. The minimum absolute atomic E-state index is 0.372. The van der Waals surface area contributed by atoms with Crippen molar-refractivity contribution in [3.8, 4) is 0 Å². The normalized spacial score (nSPS) is 26.6. The number of hydrogen-bond acceptors (Lipinski definition) is 5. The third kappa shape index (κ3) is 3.49. The molecule has 0 amide bonds. The molecule has 0 radical (unpaired) electrons. The molecule has 1 fully saturated rings. The van der Waals surface area contributed by atoms with Gasteiger partial charge in [-0.25, -0.2) is 0 Å². The lowest BCUT2D eigenvalue weighted by atomic mass is 9.66. The van der Waals surface area contributed by atoms with Crippen LogP contribution in [0.15, 0.2) is 48.5 Å². The molecule has 0 aromatic heterocycles. The third-order valence-electron chi connectivity index (χ3n) is 5.77. The minimum atomic E-state index is -1.17. The van der Waals surface area contributed by atoms with Crippen molar-refractivity contribution in [1.82, 2.24) is 5.32 Å². The molecule has 148 valence electrons. The van der Waals surface area contributed by atoms with Crippen molar-refractivity contribution in [3.63, 3.8) is 0 Å². The van der Waals surface area contributed by atoms with Gasteiger partial charge in [0.2, 0.25) is 12.1 Å². The fraction of sp³-hybridized carbons (Fsp3) is 0.429. The molecule has 1 aliphatic rings. The molecule has 0 spiro atoms. The number of rotatable bonds is 4. The highest BCUT2D eigenvalue weighted by Gasteiger charge is 2.62. The van der Waals surface area contributed by atoms with Gasteiger partial charge < -0.3 is 0 Å². The molecule has 0 bridgehead atoms. The zero-order valence-electron chi connectivity index (χ0n) is 16.5. The van der Waals surface area contributed by atoms with E-state index in [0.717, 1.165) is 22.3 Å². The summed E-state index contributed by atoms with van der Waals surface area (Å²) in [5, 5.41) is 27.4. The van der Waals surface area contributed by atoms with E-state index in [1.54, 1.807) is 13.8 Å². The first-order valence-corrected chi connectivity index (χ1v) is 9.29. The Bertz CT molecular complexity index is 841. The second-order valence-corrected chi connectivity index (χ2v) is 8.23. The van der Waals surface area contributed by atoms with E-state index in [4.69, 9.17) is 0 Å². The zero-order valence-corrected chi connectivity index (χ0v) is 16.5. The van der Waals surface area contributed by atoms with Gasteiger partial charge in [-0.05, 0) is 38.8 Å². The molecule has 4 atom stereocenters. The van der Waals surface area contributed by atoms with E-state index in [-0.39, 0.29) is 9.85 Å². The Kier molecular flexibility index (Phi) is 5.21. The summed E-state index contributed by atoms with van der Waals surface area (Å²) in [5.74, 6) is 0. The molecular weight excluding hydrogens is 358 g/mol. The van der Waals surface area contributed by atoms with Gasteiger partial charge in [-0.2, -0.15) is 0 Å². The highest BCUT2D eigenvalue weighted by Crippen LogP contribution is 2.46. The number of hydrogen-bond donors (Lipinski definition) is 1. The third-order valence-corrected chi connectivity index (χ3v) is 5.77. The highest BCUT2D eigenvalue weighted by atomic mass is 16.6. The number of aryl methyl sites for hydroxylation is 2. The van der Waals surface area contributed by atoms with Crippen molar-refractivity contribution in [2.75, 3.05) is 0 Å². The van der Waals surface area contributed by atoms with Gasteiger partial charge >= 0.3 is 0 Å². The van der Waals surface area contributed by atoms with Gasteiger partial charge in [0.1, 0.15) is 17.5 Å². The number of nitro groups is 2. The average Bonchev–Trinajstić information content (AvgIpc) is 2.59. The van der Waals surface area contributed by atoms with E-state index >= 15 is 0 Å². The molecule has 0 aliphatic carbocycles. The van der Waals surface area contributed by atoms with Crippen LogP contribution in [-0.4, -0.2) is 21.9 Å². The quantitative estimate of drug-likeness (QED) is 0.635. The first-order chi connectivity index (χ1) is 13.1. The molecule has 0 saturated carbocycles. The lowest BCUT2D eigenvalue weighted by Gasteiger charge is -2.44. The molecule has 2 aromatic rings. The van der Waals surface area contributed by atoms with Crippen LogP contribution in [0.4, 0.5) is 0 Å². The van der Waals surface area contributed by atoms with Crippen LogP contribution < -0.4 is 5.32 Å². The number of nitrogens with one attached hydrogen (secondary N) is 1. The number of benzene rings is 2. The second kappa shape index (κ2) is 7.31. The van der Waals surface area contributed by atoms with Gasteiger partial charge in [0.25, 0.3) is 0 Å². The summed E-state index contributed by atoms with van der Waals surface area (Å²) < 4.78 is 0. The van der Waals surface area contributed by atoms with Crippen molar-refractivity contribution in [2.45, 2.75) is 51.9 Å². The van der Waals surface area contributed by atoms with Gasteiger partial charge in [-0.15, -0.1) is 0 Å². The smallest absolute Gasteiger partial charge is 0.243 e. The molecule has 3 rings (SSSR count). The maximum atomic E-state index is 12.0. The first-order valence-electron chi connectivity index (χ1n) is 9.29. The van der Waals surface area contributed by atoms with Gasteiger partial charge in [0.15, 0.2) is 0 Å². The maximum Gasteiger partial charge on any atom is 0.243 e. The van der Waals surface area contributed by atoms with Crippen LogP contribution >= 0.6 is 0 Å². The highest BCUT2D eigenvalue weighted by molar-refractivity contribution is 5.32. The molecule has 1 N–H and O–H groups in total. The molecule has 1 aliphatic heterocycles. The van der Waals surface area contributed by atoms with Crippen molar-refractivity contribution >= 4 is 0 Å². The van der Waals surface area contributed by atoms with E-state index in [0.29, 0.717) is 0 Å². The summed E-state index contributed by atoms with van der Waals surface area (Å²) >= 11 is 0. The topological polar surface area (TPSA) is 98.3 Å². The van der Waals surface area contributed by atoms with E-state index < -0.39 is 29.6 Å². The Labute approximate surface area is 164 Å². The van der Waals surface area contributed by atoms with E-state index in [9.17, 15) is 20.2 Å². The summed E-state index contributed by atoms with van der Waals surface area (Å²) in [6.45, 7) is 7.13. The Morgan fingerprint density at radius 2 is 1.21 bits per heavy atom. The van der Waals surface area contributed by atoms with Crippen molar-refractivity contribution in [1.29, 1.82) is 0 Å². The molecule has 7 nitrogen and oxygen atoms in total. The van der Waals surface area contributed by atoms with E-state index in [1.807, 2.05) is 62.4 Å². The summed E-state index contributed by atoms with van der Waals surface area (Å²) in [5.41, 5.74) is 2.36. The largest absolute Gasteiger partial charge is 0.291 e. The monoisotopic (exact) mass is 383 g/mol. The fourth-order valence-electron chi connectivity index (χ4n) is 4.48. The van der Waals surface area contributed by atoms with Crippen LogP contribution in [0, 0.1) is 39.5 Å². The minimum Gasteiger partial charge on any atom is -0.291 e. The second-order valence-electron chi connectivity index (χ2n) is 8.23. The van der Waals surface area contributed by atoms with E-state index in [1.165, 1.54) is 0 Å². The average molecular weight is 383 g/mol. The van der Waals surface area contributed by atoms with Crippen molar-refractivity contribution in [3.05, 3.63) is 91.0 Å². The van der Waals surface area contributed by atoms with Gasteiger partial charge in [-0.1, -0.05) is 59.7 Å². The fourth-order valence-corrected chi connectivity index (χ4v) is 4.48. The molecule has 0 unspecified atom stereocenters. The van der Waals surface area contributed by atoms with Gasteiger partial charge in [-0.3, -0.25) is 25.5 Å². The number of nitrogens with zero attached hydrogens (tertiary/aromatic N) is 2. The Balaban J connectivity index is 2.18. The Morgan fingerprint density at radius 1 is 0.821 bits per heavy atom. The predicted molar refractivity (Wildman–Crippen MR) is 106 cm³/mol. The molecule has 7 heteroatoms. The van der Waals surface area contributed by atoms with Crippen LogP contribution in [0.2, 0.25) is 0 Å². The van der Waals surface area contributed by atoms with Crippen LogP contribution in [0.1, 0.15) is 48.2 Å². The zero-order chi connectivity index (χ0) is 20.6. The van der Waals surface area contributed by atoms with Crippen molar-refractivity contribution in [2.24, 2.45) is 5.41 Å². The first kappa shape index (κ1) is 19.9. The van der Waals surface area contributed by atoms with Crippen LogP contribution in [0.5, 0.6) is 0 Å². The van der Waals surface area contributed by atoms with Crippen LogP contribution in [0.25, 0.3) is 0 Å². The Hall–Kier alpha value is -2.80. The predicted octanol–water partition coefficient (Wildman–Crippen LogP) is 4.01. The molecule has 28 heavy (non-hydrogen) atoms. The molecule has 1 heterocycles. The van der Waals surface area contributed by atoms with Gasteiger partial charge in [0, 0.05) is 9.85 Å². The lowest BCUT2D eigenvalue weighted by molar-refractivity contribution is -0.605. The van der Waals surface area contributed by atoms with Gasteiger partial charge in [0.05, 0.1) is 0 Å². The standard InChI is InChI=1S/C21H25N3O4/c1-13-7-5-9-15(11-13)17-19(23(25)26)21(3,4)20(24(27)28)18(22-17)16-10-6-8-14(2)12-16/h5-12,17-20,22H,1-4H3/t17-,18+,19-,20+. The summed E-state index contributed by atoms with van der Waals surface area (Å²) in [7, 11) is 0. The van der Waals surface area contributed by atoms with Crippen LogP contribution in [-0.2, 0) is 0 Å². The Morgan fingerprint density at radius 3 is 1.54 bits per heavy atom. The molecule has 1 saturated heterocycles. The molecular formula is C21H25N3O4. The summed E-state index contributed by atoms with van der Waals surface area (Å²) in [6, 6.07) is 11.5. The number of piperidine rings is 1. The maximum absolute atomic E-state index is 12.0.